The van der Waals surface area contributed by atoms with E-state index in [1.807, 2.05) is 40.6 Å². The Bertz CT molecular complexity index is 974. The van der Waals surface area contributed by atoms with E-state index in [0.717, 1.165) is 18.5 Å². The maximum atomic E-state index is 13.1. The van der Waals surface area contributed by atoms with Gasteiger partial charge in [-0.2, -0.15) is 0 Å². The predicted molar refractivity (Wildman–Crippen MR) is 115 cm³/mol. The Hall–Kier alpha value is -1.85. The summed E-state index contributed by atoms with van der Waals surface area (Å²) in [7, 11) is 0. The Morgan fingerprint density at radius 3 is 2.63 bits per heavy atom. The van der Waals surface area contributed by atoms with Gasteiger partial charge in [-0.15, -0.1) is 23.5 Å². The van der Waals surface area contributed by atoms with Crippen LogP contribution in [-0.4, -0.2) is 33.8 Å². The third kappa shape index (κ3) is 3.27. The van der Waals surface area contributed by atoms with E-state index in [2.05, 4.69) is 41.4 Å². The maximum absolute atomic E-state index is 13.1. The highest BCUT2D eigenvalue weighted by molar-refractivity contribution is 8.16. The average molecular weight is 395 g/mol. The first-order chi connectivity index (χ1) is 13.3. The van der Waals surface area contributed by atoms with E-state index in [0.29, 0.717) is 11.1 Å². The van der Waals surface area contributed by atoms with Crippen molar-refractivity contribution in [2.45, 2.75) is 24.0 Å². The molecule has 0 atom stereocenters. The summed E-state index contributed by atoms with van der Waals surface area (Å²) in [6.07, 6.45) is 2.19. The zero-order valence-electron chi connectivity index (χ0n) is 15.1. The van der Waals surface area contributed by atoms with Crippen molar-refractivity contribution in [2.75, 3.05) is 18.1 Å². The van der Waals surface area contributed by atoms with Gasteiger partial charge in [-0.05, 0) is 41.7 Å². The molecule has 27 heavy (non-hydrogen) atoms. The molecule has 5 heteroatoms. The van der Waals surface area contributed by atoms with E-state index in [9.17, 15) is 4.79 Å². The second-order valence-corrected chi connectivity index (χ2v) is 9.88. The number of hydrogen-bond acceptors (Lipinski definition) is 3. The third-order valence-electron chi connectivity index (χ3n) is 5.43. The highest BCUT2D eigenvalue weighted by Crippen LogP contribution is 2.43. The highest BCUT2D eigenvalue weighted by Gasteiger charge is 2.25. The molecular weight excluding hydrogens is 372 g/mol. The number of aromatic amines is 1. The molecule has 1 amide bonds. The second-order valence-electron chi connectivity index (χ2n) is 7.15. The quantitative estimate of drug-likeness (QED) is 0.646. The van der Waals surface area contributed by atoms with Crippen LogP contribution in [0.15, 0.2) is 48.5 Å². The van der Waals surface area contributed by atoms with Crippen molar-refractivity contribution >= 4 is 40.3 Å². The Kier molecular flexibility index (Phi) is 4.66. The number of rotatable bonds is 2. The summed E-state index contributed by atoms with van der Waals surface area (Å²) in [5.74, 6) is 2.61. The molecule has 0 spiro atoms. The Morgan fingerprint density at radius 2 is 1.81 bits per heavy atom. The summed E-state index contributed by atoms with van der Waals surface area (Å²) in [4.78, 5) is 18.6. The van der Waals surface area contributed by atoms with Crippen LogP contribution in [0.4, 0.5) is 0 Å². The second kappa shape index (κ2) is 7.28. The number of para-hydroxylation sites is 1. The highest BCUT2D eigenvalue weighted by atomic mass is 32.2. The van der Waals surface area contributed by atoms with Gasteiger partial charge in [-0.3, -0.25) is 4.79 Å². The van der Waals surface area contributed by atoms with Gasteiger partial charge in [-0.25, -0.2) is 0 Å². The maximum Gasteiger partial charge on any atom is 0.254 e. The van der Waals surface area contributed by atoms with Crippen LogP contribution in [0.25, 0.3) is 10.9 Å². The Morgan fingerprint density at radius 1 is 1.04 bits per heavy atom. The van der Waals surface area contributed by atoms with E-state index in [-0.39, 0.29) is 5.91 Å². The first kappa shape index (κ1) is 17.3. The van der Waals surface area contributed by atoms with Crippen LogP contribution in [-0.2, 0) is 13.0 Å². The van der Waals surface area contributed by atoms with Crippen molar-refractivity contribution in [3.63, 3.8) is 0 Å². The lowest BCUT2D eigenvalue weighted by atomic mass is 10.0. The number of carbonyl (C=O) groups is 1. The molecule has 138 valence electrons. The van der Waals surface area contributed by atoms with Crippen LogP contribution in [0.2, 0.25) is 0 Å². The molecule has 3 nitrogen and oxygen atoms in total. The van der Waals surface area contributed by atoms with Crippen LogP contribution >= 0.6 is 23.5 Å². The van der Waals surface area contributed by atoms with Crippen LogP contribution in [0.3, 0.4) is 0 Å². The summed E-state index contributed by atoms with van der Waals surface area (Å²) >= 11 is 4.03. The van der Waals surface area contributed by atoms with Crippen molar-refractivity contribution in [1.29, 1.82) is 0 Å². The van der Waals surface area contributed by atoms with Crippen molar-refractivity contribution in [1.82, 2.24) is 9.88 Å². The van der Waals surface area contributed by atoms with Gasteiger partial charge in [0.25, 0.3) is 5.91 Å². The fourth-order valence-electron chi connectivity index (χ4n) is 3.99. The predicted octanol–water partition coefficient (Wildman–Crippen LogP) is 5.24. The average Bonchev–Trinajstić information content (AvgIpc) is 3.12. The molecule has 0 bridgehead atoms. The zero-order valence-corrected chi connectivity index (χ0v) is 16.7. The molecule has 2 aliphatic rings. The van der Waals surface area contributed by atoms with E-state index >= 15 is 0 Å². The topological polar surface area (TPSA) is 36.1 Å². The summed E-state index contributed by atoms with van der Waals surface area (Å²) in [5.41, 5.74) is 5.86. The molecule has 0 radical (unpaired) electrons. The number of fused-ring (bicyclic) bond motifs is 3. The summed E-state index contributed by atoms with van der Waals surface area (Å²) in [6, 6.07) is 16.7. The first-order valence-electron chi connectivity index (χ1n) is 9.50. The van der Waals surface area contributed by atoms with Crippen LogP contribution in [0.5, 0.6) is 0 Å². The molecule has 2 aliphatic heterocycles. The van der Waals surface area contributed by atoms with Gasteiger partial charge in [0.05, 0.1) is 4.58 Å². The zero-order chi connectivity index (χ0) is 18.2. The molecule has 0 aliphatic carbocycles. The molecule has 2 aromatic carbocycles. The molecule has 1 saturated heterocycles. The van der Waals surface area contributed by atoms with Gasteiger partial charge in [0.2, 0.25) is 0 Å². The number of carbonyl (C=O) groups excluding carboxylic acids is 1. The standard InChI is InChI=1S/C22H22N2OS2/c25-21(15-6-8-16(9-7-15)22-26-12-3-13-27-22)24-11-10-20-18(14-24)17-4-1-2-5-19(17)23-20/h1-2,4-9,22-23H,3,10-14H2. The Labute approximate surface area is 167 Å². The minimum Gasteiger partial charge on any atom is -0.358 e. The molecule has 0 saturated carbocycles. The normalized spacial score (nSPS) is 17.9. The fourth-order valence-corrected chi connectivity index (χ4v) is 6.88. The lowest BCUT2D eigenvalue weighted by molar-refractivity contribution is 0.0735. The molecular formula is C22H22N2OS2. The summed E-state index contributed by atoms with van der Waals surface area (Å²) in [5, 5.41) is 1.24. The number of thioether (sulfide) groups is 2. The van der Waals surface area contributed by atoms with Gasteiger partial charge < -0.3 is 9.88 Å². The number of benzene rings is 2. The fraction of sp³-hybridized carbons (Fsp3) is 0.318. The van der Waals surface area contributed by atoms with Gasteiger partial charge in [0, 0.05) is 47.2 Å². The van der Waals surface area contributed by atoms with Gasteiger partial charge in [-0.1, -0.05) is 30.3 Å². The summed E-state index contributed by atoms with van der Waals surface area (Å²) < 4.78 is 0.520. The number of H-pyrrole nitrogens is 1. The molecule has 1 N–H and O–H groups in total. The minimum absolute atomic E-state index is 0.140. The van der Waals surface area contributed by atoms with Crippen LogP contribution < -0.4 is 0 Å². The van der Waals surface area contributed by atoms with E-state index in [1.165, 1.54) is 45.7 Å². The van der Waals surface area contributed by atoms with Crippen molar-refractivity contribution in [3.8, 4) is 0 Å². The first-order valence-corrected chi connectivity index (χ1v) is 11.6. The Balaban J connectivity index is 1.35. The molecule has 3 aromatic rings. The largest absolute Gasteiger partial charge is 0.358 e. The number of amides is 1. The van der Waals surface area contributed by atoms with Gasteiger partial charge in [0.15, 0.2) is 0 Å². The number of nitrogens with zero attached hydrogens (tertiary/aromatic N) is 1. The SMILES string of the molecule is O=C(c1ccc(C2SCCCS2)cc1)N1CCc2[nH]c3ccccc3c2C1. The lowest BCUT2D eigenvalue weighted by Gasteiger charge is -2.27. The molecule has 1 aromatic heterocycles. The monoisotopic (exact) mass is 394 g/mol. The minimum atomic E-state index is 0.140. The lowest BCUT2D eigenvalue weighted by Crippen LogP contribution is -2.35. The van der Waals surface area contributed by atoms with E-state index in [4.69, 9.17) is 0 Å². The van der Waals surface area contributed by atoms with Crippen LogP contribution in [0, 0.1) is 0 Å². The van der Waals surface area contributed by atoms with Crippen LogP contribution in [0.1, 0.15) is 38.2 Å². The molecule has 5 rings (SSSR count). The van der Waals surface area contributed by atoms with Crippen molar-refractivity contribution in [3.05, 3.63) is 70.9 Å². The number of hydrogen-bond donors (Lipinski definition) is 1. The third-order valence-corrected chi connectivity index (χ3v) is 8.44. The number of nitrogens with one attached hydrogen (secondary N) is 1. The van der Waals surface area contributed by atoms with E-state index < -0.39 is 0 Å². The molecule has 3 heterocycles. The van der Waals surface area contributed by atoms with Crippen molar-refractivity contribution in [2.24, 2.45) is 0 Å². The summed E-state index contributed by atoms with van der Waals surface area (Å²) in [6.45, 7) is 1.46. The molecule has 0 unspecified atom stereocenters. The van der Waals surface area contributed by atoms with Crippen molar-refractivity contribution < 1.29 is 4.79 Å². The van der Waals surface area contributed by atoms with Gasteiger partial charge >= 0.3 is 0 Å². The van der Waals surface area contributed by atoms with E-state index in [1.54, 1.807) is 0 Å². The number of aromatic nitrogens is 1. The van der Waals surface area contributed by atoms with Gasteiger partial charge in [0.1, 0.15) is 0 Å². The smallest absolute Gasteiger partial charge is 0.254 e. The molecule has 1 fully saturated rings.